The fourth-order valence-electron chi connectivity index (χ4n) is 4.31. The fourth-order valence-corrected chi connectivity index (χ4v) is 6.32. The molecule has 0 atom stereocenters. The van der Waals surface area contributed by atoms with Crippen molar-refractivity contribution in [2.75, 3.05) is 32.4 Å². The molecule has 0 spiro atoms. The Hall–Kier alpha value is -1.52. The van der Waals surface area contributed by atoms with Gasteiger partial charge in [0.2, 0.25) is 15.9 Å². The maximum atomic E-state index is 11.7. The van der Waals surface area contributed by atoms with Crippen molar-refractivity contribution in [3.05, 3.63) is 23.3 Å². The first-order valence-corrected chi connectivity index (χ1v) is 14.7. The number of thioether (sulfide) groups is 1. The quantitative estimate of drug-likeness (QED) is 0.399. The number of piperidine rings is 2. The zero-order valence-corrected chi connectivity index (χ0v) is 21.8. The van der Waals surface area contributed by atoms with Crippen LogP contribution in [0, 0.1) is 6.92 Å². The first-order valence-electron chi connectivity index (χ1n) is 11.9. The van der Waals surface area contributed by atoms with Gasteiger partial charge in [-0.3, -0.25) is 0 Å². The van der Waals surface area contributed by atoms with Crippen molar-refractivity contribution in [3.63, 3.8) is 0 Å². The first-order chi connectivity index (χ1) is 15.7. The molecule has 1 aromatic rings. The van der Waals surface area contributed by atoms with Gasteiger partial charge < -0.3 is 14.4 Å². The number of likely N-dealkylation sites (tertiary alicyclic amines) is 1. The number of ether oxygens (including phenoxy) is 2. The zero-order chi connectivity index (χ0) is 23.6. The third kappa shape index (κ3) is 6.54. The summed E-state index contributed by atoms with van der Waals surface area (Å²) >= 11 is 1.72. The van der Waals surface area contributed by atoms with Crippen molar-refractivity contribution in [2.45, 2.75) is 81.8 Å². The van der Waals surface area contributed by atoms with Crippen LogP contribution in [0.4, 0.5) is 0 Å². The van der Waals surface area contributed by atoms with Gasteiger partial charge in [0.1, 0.15) is 17.5 Å². The molecule has 0 amide bonds. The van der Waals surface area contributed by atoms with E-state index in [1.54, 1.807) is 22.4 Å². The second kappa shape index (κ2) is 10.4. The molecule has 0 unspecified atom stereocenters. The van der Waals surface area contributed by atoms with Crippen molar-refractivity contribution < 1.29 is 17.9 Å². The topological polar surface area (TPSA) is 84.9 Å². The van der Waals surface area contributed by atoms with E-state index in [0.717, 1.165) is 68.1 Å². The molecule has 3 heterocycles. The van der Waals surface area contributed by atoms with Gasteiger partial charge in [0.15, 0.2) is 5.88 Å². The Kier molecular flexibility index (Phi) is 7.75. The predicted molar refractivity (Wildman–Crippen MR) is 130 cm³/mol. The van der Waals surface area contributed by atoms with Crippen LogP contribution in [0.5, 0.6) is 5.88 Å². The predicted octanol–water partition coefficient (Wildman–Crippen LogP) is 3.57. The Balaban J connectivity index is 1.31. The molecule has 0 N–H and O–H groups in total. The second-order valence-electron chi connectivity index (χ2n) is 9.47. The summed E-state index contributed by atoms with van der Waals surface area (Å²) in [4.78, 5) is 11.3. The molecule has 0 radical (unpaired) electrons. The molecule has 33 heavy (non-hydrogen) atoms. The Bertz CT molecular complexity index is 961. The Morgan fingerprint density at radius 1 is 1.09 bits per heavy atom. The molecule has 2 aliphatic heterocycles. The van der Waals surface area contributed by atoms with Gasteiger partial charge in [-0.25, -0.2) is 22.7 Å². The van der Waals surface area contributed by atoms with E-state index in [1.807, 2.05) is 6.92 Å². The number of nitrogens with zero attached hydrogens (tertiary/aromatic N) is 4. The lowest BCUT2D eigenvalue weighted by Gasteiger charge is -2.35. The van der Waals surface area contributed by atoms with E-state index in [-0.39, 0.29) is 12.2 Å². The highest BCUT2D eigenvalue weighted by Crippen LogP contribution is 2.37. The highest BCUT2D eigenvalue weighted by Gasteiger charge is 2.30. The lowest BCUT2D eigenvalue weighted by atomic mass is 10.1. The fraction of sp³-hybridized carbons (Fsp3) is 0.739. The molecule has 0 aromatic carbocycles. The van der Waals surface area contributed by atoms with Gasteiger partial charge in [-0.2, -0.15) is 0 Å². The monoisotopic (exact) mass is 496 g/mol. The summed E-state index contributed by atoms with van der Waals surface area (Å²) in [5.74, 6) is 1.76. The number of sulfonamides is 1. The van der Waals surface area contributed by atoms with Gasteiger partial charge in [0, 0.05) is 49.8 Å². The Morgan fingerprint density at radius 2 is 1.76 bits per heavy atom. The van der Waals surface area contributed by atoms with Crippen LogP contribution in [0.15, 0.2) is 22.8 Å². The first kappa shape index (κ1) is 24.6. The highest BCUT2D eigenvalue weighted by molar-refractivity contribution is 7.99. The molecule has 1 aliphatic carbocycles. The summed E-state index contributed by atoms with van der Waals surface area (Å²) in [5.41, 5.74) is 2.41. The van der Waals surface area contributed by atoms with Crippen LogP contribution in [0.2, 0.25) is 0 Å². The van der Waals surface area contributed by atoms with Crippen molar-refractivity contribution >= 4 is 21.8 Å². The van der Waals surface area contributed by atoms with E-state index in [2.05, 4.69) is 28.7 Å². The van der Waals surface area contributed by atoms with Gasteiger partial charge in [-0.1, -0.05) is 0 Å². The molecule has 8 nitrogen and oxygen atoms in total. The summed E-state index contributed by atoms with van der Waals surface area (Å²) in [6.07, 6.45) is 9.04. The van der Waals surface area contributed by atoms with Crippen LogP contribution < -0.4 is 4.74 Å². The summed E-state index contributed by atoms with van der Waals surface area (Å²) in [6.45, 7) is 9.19. The van der Waals surface area contributed by atoms with Crippen LogP contribution in [-0.4, -0.2) is 77.5 Å². The van der Waals surface area contributed by atoms with E-state index in [0.29, 0.717) is 24.2 Å². The average Bonchev–Trinajstić information content (AvgIpc) is 3.60. The molecule has 2 saturated heterocycles. The van der Waals surface area contributed by atoms with Gasteiger partial charge in [-0.15, -0.1) is 11.8 Å². The third-order valence-corrected chi connectivity index (χ3v) is 9.04. The van der Waals surface area contributed by atoms with Gasteiger partial charge in [0.05, 0.1) is 12.4 Å². The zero-order valence-electron chi connectivity index (χ0n) is 20.1. The normalized spacial score (nSPS) is 20.9. The number of allylic oxidation sites excluding steroid dienone is 1. The van der Waals surface area contributed by atoms with E-state index in [9.17, 15) is 8.42 Å². The van der Waals surface area contributed by atoms with E-state index < -0.39 is 10.0 Å². The number of aromatic nitrogens is 2. The van der Waals surface area contributed by atoms with Crippen molar-refractivity contribution in [2.24, 2.45) is 0 Å². The summed E-state index contributed by atoms with van der Waals surface area (Å²) < 4.78 is 37.5. The number of rotatable bonds is 8. The highest BCUT2D eigenvalue weighted by atomic mass is 32.2. The average molecular weight is 497 g/mol. The molecule has 10 heteroatoms. The van der Waals surface area contributed by atoms with Gasteiger partial charge in [-0.05, 0) is 52.0 Å². The van der Waals surface area contributed by atoms with Crippen molar-refractivity contribution in [3.8, 4) is 5.88 Å². The molecule has 1 saturated carbocycles. The molecule has 184 valence electrons. The van der Waals surface area contributed by atoms with Crippen molar-refractivity contribution in [1.82, 2.24) is 19.2 Å². The maximum absolute atomic E-state index is 11.7. The lowest BCUT2D eigenvalue weighted by Crippen LogP contribution is -2.39. The minimum absolute atomic E-state index is 0.134. The second-order valence-corrected chi connectivity index (χ2v) is 12.7. The molecular weight excluding hydrogens is 460 g/mol. The van der Waals surface area contributed by atoms with E-state index in [4.69, 9.17) is 9.47 Å². The number of hydrogen-bond donors (Lipinski definition) is 0. The molecular formula is C23H36N4O4S2. The smallest absolute Gasteiger partial charge is 0.220 e. The summed E-state index contributed by atoms with van der Waals surface area (Å²) in [7, 11) is -3.11. The molecule has 4 rings (SSSR count). The van der Waals surface area contributed by atoms with Crippen LogP contribution in [0.1, 0.15) is 57.9 Å². The van der Waals surface area contributed by atoms with Gasteiger partial charge in [0.25, 0.3) is 0 Å². The summed E-state index contributed by atoms with van der Waals surface area (Å²) in [5, 5.41) is 1.28. The Morgan fingerprint density at radius 3 is 2.33 bits per heavy atom. The van der Waals surface area contributed by atoms with Crippen LogP contribution in [0.25, 0.3) is 0 Å². The third-order valence-electron chi connectivity index (χ3n) is 6.30. The molecule has 1 aromatic heterocycles. The van der Waals surface area contributed by atoms with Crippen LogP contribution in [0.3, 0.4) is 0 Å². The van der Waals surface area contributed by atoms with Crippen LogP contribution >= 0.6 is 11.8 Å². The minimum atomic E-state index is -3.11. The summed E-state index contributed by atoms with van der Waals surface area (Å²) in [6, 6.07) is 0. The van der Waals surface area contributed by atoms with Gasteiger partial charge >= 0.3 is 0 Å². The standard InChI is InChI=1S/C23H36N4O4S2/c1-16(2)30-23(18-5-6-18)26-11-7-19(8-12-26)31-21-17(3)22(25-15-24-21)32-20-9-13-27(14-10-20)33(4,28)29/h15-16,19-20H,5-14H2,1-4H3. The molecule has 3 fully saturated rings. The van der Waals surface area contributed by atoms with Crippen LogP contribution in [-0.2, 0) is 14.8 Å². The molecule has 0 bridgehead atoms. The Labute approximate surface area is 202 Å². The SMILES string of the molecule is Cc1c(OC2CCN(C(OC(C)C)=C3CC3)CC2)ncnc1SC1CCN(S(C)(=O)=O)CC1. The van der Waals surface area contributed by atoms with E-state index >= 15 is 0 Å². The maximum Gasteiger partial charge on any atom is 0.220 e. The van der Waals surface area contributed by atoms with Crippen molar-refractivity contribution in [1.29, 1.82) is 0 Å². The number of hydrogen-bond acceptors (Lipinski definition) is 8. The minimum Gasteiger partial charge on any atom is -0.476 e. The lowest BCUT2D eigenvalue weighted by molar-refractivity contribution is 0.0350. The van der Waals surface area contributed by atoms with E-state index in [1.165, 1.54) is 11.8 Å². The largest absolute Gasteiger partial charge is 0.476 e. The molecule has 3 aliphatic rings.